The standard InChI is InChI=1S/C20H38N2S/c1-6-15-12-17(14(3)4)13-16(7-2)19(15)22-20(23-5)21-18-10-8-9-11-18/h14-19H,6-13H2,1-5H3,(H,21,22). The summed E-state index contributed by atoms with van der Waals surface area (Å²) in [6.07, 6.45) is 12.9. The molecule has 0 aromatic rings. The second-order valence-corrected chi connectivity index (χ2v) is 8.86. The smallest absolute Gasteiger partial charge is 0.156 e. The molecule has 2 aliphatic rings. The highest BCUT2D eigenvalue weighted by atomic mass is 32.2. The van der Waals surface area contributed by atoms with Gasteiger partial charge in [-0.2, -0.15) is 0 Å². The van der Waals surface area contributed by atoms with Crippen LogP contribution in [-0.4, -0.2) is 23.5 Å². The largest absolute Gasteiger partial charge is 0.362 e. The summed E-state index contributed by atoms with van der Waals surface area (Å²) in [5.74, 6) is 3.26. The number of hydrogen-bond donors (Lipinski definition) is 1. The SMILES string of the molecule is CCC1CC(C(C)C)CC(CC)C1N=C(NC1CCCC1)SC. The second-order valence-electron chi connectivity index (χ2n) is 8.07. The summed E-state index contributed by atoms with van der Waals surface area (Å²) in [5.41, 5.74) is 0. The maximum Gasteiger partial charge on any atom is 0.156 e. The van der Waals surface area contributed by atoms with Gasteiger partial charge in [-0.25, -0.2) is 0 Å². The lowest BCUT2D eigenvalue weighted by Crippen LogP contribution is -2.39. The van der Waals surface area contributed by atoms with Crippen LogP contribution in [0, 0.1) is 23.7 Å². The molecule has 2 rings (SSSR count). The van der Waals surface area contributed by atoms with Crippen LogP contribution in [0.4, 0.5) is 0 Å². The Hall–Kier alpha value is -0.180. The van der Waals surface area contributed by atoms with Crippen molar-refractivity contribution in [3.8, 4) is 0 Å². The summed E-state index contributed by atoms with van der Waals surface area (Å²) >= 11 is 1.82. The van der Waals surface area contributed by atoms with Crippen molar-refractivity contribution in [3.05, 3.63) is 0 Å². The van der Waals surface area contributed by atoms with Crippen LogP contribution >= 0.6 is 11.8 Å². The average molecular weight is 339 g/mol. The van der Waals surface area contributed by atoms with Gasteiger partial charge in [-0.3, -0.25) is 4.99 Å². The van der Waals surface area contributed by atoms with E-state index < -0.39 is 0 Å². The number of aliphatic imine (C=N–C) groups is 1. The minimum Gasteiger partial charge on any atom is -0.362 e. The van der Waals surface area contributed by atoms with Crippen molar-refractivity contribution in [3.63, 3.8) is 0 Å². The first kappa shape index (κ1) is 19.1. The summed E-state index contributed by atoms with van der Waals surface area (Å²) in [4.78, 5) is 5.28. The van der Waals surface area contributed by atoms with Gasteiger partial charge in [-0.1, -0.05) is 65.1 Å². The van der Waals surface area contributed by atoms with Gasteiger partial charge in [0.1, 0.15) is 0 Å². The van der Waals surface area contributed by atoms with Gasteiger partial charge in [0.2, 0.25) is 0 Å². The molecule has 2 saturated carbocycles. The quantitative estimate of drug-likeness (QED) is 0.512. The van der Waals surface area contributed by atoms with Gasteiger partial charge < -0.3 is 5.32 Å². The van der Waals surface area contributed by atoms with E-state index in [1.54, 1.807) is 0 Å². The van der Waals surface area contributed by atoms with Crippen molar-refractivity contribution in [1.82, 2.24) is 5.32 Å². The maximum absolute atomic E-state index is 5.28. The van der Waals surface area contributed by atoms with Crippen molar-refractivity contribution in [2.45, 2.75) is 91.1 Å². The lowest BCUT2D eigenvalue weighted by Gasteiger charge is -2.41. The van der Waals surface area contributed by atoms with E-state index in [4.69, 9.17) is 4.99 Å². The van der Waals surface area contributed by atoms with Gasteiger partial charge in [0.05, 0.1) is 6.04 Å². The molecule has 2 aliphatic carbocycles. The summed E-state index contributed by atoms with van der Waals surface area (Å²) < 4.78 is 0. The zero-order valence-electron chi connectivity index (χ0n) is 16.0. The third kappa shape index (κ3) is 5.14. The second kappa shape index (κ2) is 9.34. The highest BCUT2D eigenvalue weighted by Gasteiger charge is 2.37. The number of rotatable bonds is 5. The maximum atomic E-state index is 5.28. The molecule has 2 fully saturated rings. The molecule has 3 heteroatoms. The van der Waals surface area contributed by atoms with Crippen LogP contribution in [0.25, 0.3) is 0 Å². The summed E-state index contributed by atoms with van der Waals surface area (Å²) in [6, 6.07) is 1.21. The number of nitrogens with zero attached hydrogens (tertiary/aromatic N) is 1. The third-order valence-electron chi connectivity index (χ3n) is 6.31. The Kier molecular flexibility index (Phi) is 7.78. The Balaban J connectivity index is 2.10. The highest BCUT2D eigenvalue weighted by Crippen LogP contribution is 2.42. The Labute approximate surface area is 148 Å². The lowest BCUT2D eigenvalue weighted by atomic mass is 9.67. The summed E-state index contributed by atoms with van der Waals surface area (Å²) in [6.45, 7) is 9.54. The Morgan fingerprint density at radius 3 is 2.09 bits per heavy atom. The van der Waals surface area contributed by atoms with E-state index in [9.17, 15) is 0 Å². The molecule has 2 unspecified atom stereocenters. The Bertz CT molecular complexity index is 360. The molecule has 0 saturated heterocycles. The normalized spacial score (nSPS) is 33.4. The van der Waals surface area contributed by atoms with Gasteiger partial charge in [0, 0.05) is 6.04 Å². The van der Waals surface area contributed by atoms with Gasteiger partial charge >= 0.3 is 0 Å². The topological polar surface area (TPSA) is 24.4 Å². The minimum absolute atomic E-state index is 0.538. The molecule has 0 aromatic heterocycles. The van der Waals surface area contributed by atoms with Crippen LogP contribution in [0.15, 0.2) is 4.99 Å². The predicted octanol–water partition coefficient (Wildman–Crippen LogP) is 5.72. The average Bonchev–Trinajstić information content (AvgIpc) is 3.06. The highest BCUT2D eigenvalue weighted by molar-refractivity contribution is 8.13. The number of amidine groups is 1. The molecule has 2 nitrogen and oxygen atoms in total. The van der Waals surface area contributed by atoms with E-state index in [1.165, 1.54) is 56.5 Å². The van der Waals surface area contributed by atoms with Gasteiger partial charge in [-0.15, -0.1) is 0 Å². The molecular weight excluding hydrogens is 300 g/mol. The Morgan fingerprint density at radius 1 is 1.09 bits per heavy atom. The molecule has 1 N–H and O–H groups in total. The zero-order valence-corrected chi connectivity index (χ0v) is 16.8. The molecule has 0 aliphatic heterocycles. The fourth-order valence-corrected chi connectivity index (χ4v) is 5.15. The van der Waals surface area contributed by atoms with Crippen LogP contribution in [0.3, 0.4) is 0 Å². The van der Waals surface area contributed by atoms with Crippen LogP contribution in [-0.2, 0) is 0 Å². The monoisotopic (exact) mass is 338 g/mol. The molecule has 2 atom stereocenters. The van der Waals surface area contributed by atoms with E-state index in [2.05, 4.69) is 39.3 Å². The third-order valence-corrected chi connectivity index (χ3v) is 6.92. The number of hydrogen-bond acceptors (Lipinski definition) is 2. The fraction of sp³-hybridized carbons (Fsp3) is 0.950. The molecule has 134 valence electrons. The van der Waals surface area contributed by atoms with E-state index in [-0.39, 0.29) is 0 Å². The van der Waals surface area contributed by atoms with Crippen LogP contribution in [0.2, 0.25) is 0 Å². The summed E-state index contributed by atoms with van der Waals surface area (Å²) in [7, 11) is 0. The van der Waals surface area contributed by atoms with Crippen molar-refractivity contribution in [2.24, 2.45) is 28.7 Å². The van der Waals surface area contributed by atoms with Crippen LogP contribution < -0.4 is 5.32 Å². The van der Waals surface area contributed by atoms with E-state index in [0.717, 1.165) is 23.7 Å². The van der Waals surface area contributed by atoms with E-state index in [1.807, 2.05) is 11.8 Å². The first-order valence-corrected chi connectivity index (χ1v) is 11.2. The van der Waals surface area contributed by atoms with E-state index >= 15 is 0 Å². The van der Waals surface area contributed by atoms with E-state index in [0.29, 0.717) is 12.1 Å². The molecule has 0 spiro atoms. The number of nitrogens with one attached hydrogen (secondary N) is 1. The van der Waals surface area contributed by atoms with Crippen LogP contribution in [0.1, 0.15) is 79.1 Å². The van der Waals surface area contributed by atoms with Crippen molar-refractivity contribution in [1.29, 1.82) is 0 Å². The molecule has 0 amide bonds. The van der Waals surface area contributed by atoms with Crippen molar-refractivity contribution < 1.29 is 0 Å². The number of thioether (sulfide) groups is 1. The fourth-order valence-electron chi connectivity index (χ4n) is 4.64. The molecule has 0 bridgehead atoms. The molecule has 0 heterocycles. The predicted molar refractivity (Wildman–Crippen MR) is 105 cm³/mol. The molecule has 23 heavy (non-hydrogen) atoms. The Morgan fingerprint density at radius 2 is 1.65 bits per heavy atom. The first-order valence-electron chi connectivity index (χ1n) is 9.97. The minimum atomic E-state index is 0.538. The molecular formula is C20H38N2S. The first-order chi connectivity index (χ1) is 11.1. The van der Waals surface area contributed by atoms with Crippen molar-refractivity contribution in [2.75, 3.05) is 6.26 Å². The van der Waals surface area contributed by atoms with Crippen LogP contribution in [0.5, 0.6) is 0 Å². The lowest BCUT2D eigenvalue weighted by molar-refractivity contribution is 0.125. The van der Waals surface area contributed by atoms with Gasteiger partial charge in [0.15, 0.2) is 5.17 Å². The van der Waals surface area contributed by atoms with Crippen molar-refractivity contribution >= 4 is 16.9 Å². The zero-order chi connectivity index (χ0) is 16.8. The summed E-state index contributed by atoms with van der Waals surface area (Å²) in [5, 5.41) is 4.96. The molecule has 0 aromatic carbocycles. The van der Waals surface area contributed by atoms with Gasteiger partial charge in [0.25, 0.3) is 0 Å². The molecule has 0 radical (unpaired) electrons. The van der Waals surface area contributed by atoms with Gasteiger partial charge in [-0.05, 0) is 55.6 Å².